The van der Waals surface area contributed by atoms with Gasteiger partial charge in [-0.3, -0.25) is 18.9 Å². The molecule has 0 radical (unpaired) electrons. The number of cyclic esters (lactones) is 1. The van der Waals surface area contributed by atoms with Crippen molar-refractivity contribution in [2.24, 2.45) is 0 Å². The molecule has 10 nitrogen and oxygen atoms in total. The van der Waals surface area contributed by atoms with E-state index in [1.807, 2.05) is 12.1 Å². The fraction of sp³-hybridized carbons (Fsp3) is 0.419. The Morgan fingerprint density at radius 2 is 1.89 bits per heavy atom. The summed E-state index contributed by atoms with van der Waals surface area (Å²) < 4.78 is 54.4. The van der Waals surface area contributed by atoms with Crippen LogP contribution < -0.4 is 10.3 Å². The number of aryl methyl sites for hydroxylation is 1. The summed E-state index contributed by atoms with van der Waals surface area (Å²) in [6.07, 6.45) is -3.75. The van der Waals surface area contributed by atoms with Crippen LogP contribution in [0.3, 0.4) is 0 Å². The van der Waals surface area contributed by atoms with Crippen LogP contribution in [0, 0.1) is 6.92 Å². The Kier molecular flexibility index (Phi) is 7.47. The van der Waals surface area contributed by atoms with Gasteiger partial charge in [-0.25, -0.2) is 9.78 Å². The molecule has 7 rings (SSSR count). The monoisotopic (exact) mass is 642 g/mol. The van der Waals surface area contributed by atoms with Crippen molar-refractivity contribution in [3.8, 4) is 17.0 Å². The van der Waals surface area contributed by atoms with Gasteiger partial charge in [-0.15, -0.1) is 0 Å². The second kappa shape index (κ2) is 11.4. The third kappa shape index (κ3) is 5.98. The molecule has 3 aliphatic rings. The molecule has 0 saturated carbocycles. The van der Waals surface area contributed by atoms with E-state index >= 15 is 0 Å². The average Bonchev–Trinajstić information content (AvgIpc) is 3.58. The Morgan fingerprint density at radius 1 is 1.09 bits per heavy atom. The molecule has 2 fully saturated rings. The summed E-state index contributed by atoms with van der Waals surface area (Å²) in [5.41, 5.74) is 2.89. The van der Waals surface area contributed by atoms with Crippen LogP contribution in [0.15, 0.2) is 47.3 Å². The molecule has 0 spiro atoms. The first-order valence-electron chi connectivity index (χ1n) is 14.8. The van der Waals surface area contributed by atoms with Crippen molar-refractivity contribution in [2.75, 3.05) is 26.2 Å². The Bertz CT molecular complexity index is 1840. The molecule has 0 unspecified atom stereocenters. The summed E-state index contributed by atoms with van der Waals surface area (Å²) in [4.78, 5) is 33.7. The van der Waals surface area contributed by atoms with E-state index in [1.54, 1.807) is 51.4 Å². The molecular formula is C31H30ClF3N6O4. The van der Waals surface area contributed by atoms with Crippen molar-refractivity contribution in [2.45, 2.75) is 57.7 Å². The van der Waals surface area contributed by atoms with E-state index < -0.39 is 12.7 Å². The number of rotatable bonds is 6. The van der Waals surface area contributed by atoms with Crippen molar-refractivity contribution in [1.82, 2.24) is 29.1 Å². The van der Waals surface area contributed by atoms with Crippen molar-refractivity contribution < 1.29 is 27.4 Å². The van der Waals surface area contributed by atoms with Gasteiger partial charge in [-0.05, 0) is 42.8 Å². The average molecular weight is 643 g/mol. The number of piperidine rings is 1. The number of carbonyl (C=O) groups is 1. The number of hydrogen-bond donors (Lipinski definition) is 0. The van der Waals surface area contributed by atoms with Gasteiger partial charge in [0, 0.05) is 43.1 Å². The van der Waals surface area contributed by atoms with Crippen LogP contribution in [0.1, 0.15) is 29.9 Å². The van der Waals surface area contributed by atoms with Crippen molar-refractivity contribution in [1.29, 1.82) is 0 Å². The first kappa shape index (κ1) is 29.6. The SMILES string of the molecule is Cc1nc2cc(-c3cc4n(n3)CCN(CC(F)(F)F)C4)c(O[C@H]3CCN4C(=O)OC[C@@H]4C3)cc2c(=O)n1Cc1ccc(Cl)cc1. The van der Waals surface area contributed by atoms with Gasteiger partial charge in [0.1, 0.15) is 24.3 Å². The number of halogens is 4. The molecule has 4 aromatic rings. The van der Waals surface area contributed by atoms with Gasteiger partial charge < -0.3 is 14.4 Å². The van der Waals surface area contributed by atoms with Gasteiger partial charge in [0.25, 0.3) is 5.56 Å². The Balaban J connectivity index is 1.27. The number of fused-ring (bicyclic) bond motifs is 3. The van der Waals surface area contributed by atoms with E-state index in [-0.39, 0.29) is 36.9 Å². The molecule has 5 heterocycles. The lowest BCUT2D eigenvalue weighted by Crippen LogP contribution is -2.44. The number of hydrogen-bond acceptors (Lipinski definition) is 7. The quantitative estimate of drug-likeness (QED) is 0.292. The lowest BCUT2D eigenvalue weighted by Gasteiger charge is -2.33. The highest BCUT2D eigenvalue weighted by Crippen LogP contribution is 2.36. The molecule has 2 aromatic carbocycles. The van der Waals surface area contributed by atoms with Crippen LogP contribution >= 0.6 is 11.6 Å². The Hall–Kier alpha value is -4.10. The number of ether oxygens (including phenoxy) is 2. The summed E-state index contributed by atoms with van der Waals surface area (Å²) in [6, 6.07) is 12.4. The van der Waals surface area contributed by atoms with E-state index in [4.69, 9.17) is 31.2 Å². The maximum absolute atomic E-state index is 13.9. The van der Waals surface area contributed by atoms with Crippen molar-refractivity contribution in [3.63, 3.8) is 0 Å². The molecular weight excluding hydrogens is 613 g/mol. The first-order valence-corrected chi connectivity index (χ1v) is 15.1. The molecule has 0 bridgehead atoms. The zero-order valence-corrected chi connectivity index (χ0v) is 25.1. The normalized spacial score (nSPS) is 20.3. The highest BCUT2D eigenvalue weighted by Gasteiger charge is 2.39. The molecule has 0 aliphatic carbocycles. The predicted molar refractivity (Wildman–Crippen MR) is 159 cm³/mol. The third-order valence-corrected chi connectivity index (χ3v) is 8.90. The summed E-state index contributed by atoms with van der Waals surface area (Å²) in [7, 11) is 0. The lowest BCUT2D eigenvalue weighted by molar-refractivity contribution is -0.148. The molecule has 3 aliphatic heterocycles. The predicted octanol–water partition coefficient (Wildman–Crippen LogP) is 5.01. The zero-order chi connectivity index (χ0) is 31.5. The summed E-state index contributed by atoms with van der Waals surface area (Å²) in [6.45, 7) is 2.51. The molecule has 0 N–H and O–H groups in total. The standard InChI is InChI=1S/C31H30ClF3N6O4/c1-18-36-26-12-24(27-11-21-15-38(17-31(33,34)35)8-9-41(21)37-27)28(45-23-6-7-39-22(10-23)16-44-30(39)43)13-25(26)29(42)40(18)14-19-2-4-20(32)5-3-19/h2-5,11-13,22-23H,6-10,14-17H2,1H3/t22-,23-/m0/s1. The van der Waals surface area contributed by atoms with Gasteiger partial charge >= 0.3 is 12.3 Å². The van der Waals surface area contributed by atoms with Crippen LogP contribution in [0.4, 0.5) is 18.0 Å². The van der Waals surface area contributed by atoms with Crippen LogP contribution in [0.5, 0.6) is 5.75 Å². The topological polar surface area (TPSA) is 94.7 Å². The van der Waals surface area contributed by atoms with E-state index in [1.165, 1.54) is 4.90 Å². The van der Waals surface area contributed by atoms with E-state index in [9.17, 15) is 22.8 Å². The van der Waals surface area contributed by atoms with Gasteiger partial charge in [0.2, 0.25) is 0 Å². The highest BCUT2D eigenvalue weighted by molar-refractivity contribution is 6.30. The number of benzene rings is 2. The van der Waals surface area contributed by atoms with E-state index in [0.29, 0.717) is 83.5 Å². The number of amides is 1. The third-order valence-electron chi connectivity index (χ3n) is 8.65. The smallest absolute Gasteiger partial charge is 0.410 e. The number of alkyl halides is 3. The lowest BCUT2D eigenvalue weighted by atomic mass is 10.0. The second-order valence-electron chi connectivity index (χ2n) is 11.8. The summed E-state index contributed by atoms with van der Waals surface area (Å²) >= 11 is 6.05. The molecule has 2 aromatic heterocycles. The Morgan fingerprint density at radius 3 is 2.67 bits per heavy atom. The molecule has 2 saturated heterocycles. The summed E-state index contributed by atoms with van der Waals surface area (Å²) in [5.74, 6) is 0.946. The minimum atomic E-state index is -4.29. The minimum Gasteiger partial charge on any atom is -0.490 e. The van der Waals surface area contributed by atoms with Crippen molar-refractivity contribution >= 4 is 28.6 Å². The van der Waals surface area contributed by atoms with Gasteiger partial charge in [0.05, 0.1) is 48.0 Å². The largest absolute Gasteiger partial charge is 0.490 e. The van der Waals surface area contributed by atoms with Crippen LogP contribution in [-0.2, 0) is 24.4 Å². The summed E-state index contributed by atoms with van der Waals surface area (Å²) in [5, 5.41) is 5.70. The van der Waals surface area contributed by atoms with Crippen LogP contribution in [0.25, 0.3) is 22.2 Å². The number of carbonyl (C=O) groups excluding carboxylic acids is 1. The number of nitrogens with zero attached hydrogens (tertiary/aromatic N) is 6. The second-order valence-corrected chi connectivity index (χ2v) is 12.2. The molecule has 1 amide bonds. The minimum absolute atomic E-state index is 0.0967. The molecule has 45 heavy (non-hydrogen) atoms. The van der Waals surface area contributed by atoms with Crippen molar-refractivity contribution in [3.05, 3.63) is 74.9 Å². The highest BCUT2D eigenvalue weighted by atomic mass is 35.5. The van der Waals surface area contributed by atoms with Crippen LogP contribution in [0.2, 0.25) is 5.02 Å². The number of aromatic nitrogens is 4. The van der Waals surface area contributed by atoms with Gasteiger partial charge in [0.15, 0.2) is 0 Å². The first-order chi connectivity index (χ1) is 21.5. The van der Waals surface area contributed by atoms with E-state index in [2.05, 4.69) is 0 Å². The fourth-order valence-corrected chi connectivity index (χ4v) is 6.53. The molecule has 236 valence electrons. The zero-order valence-electron chi connectivity index (χ0n) is 24.4. The van der Waals surface area contributed by atoms with Gasteiger partial charge in [-0.2, -0.15) is 18.3 Å². The van der Waals surface area contributed by atoms with Gasteiger partial charge in [-0.1, -0.05) is 23.7 Å². The molecule has 14 heteroatoms. The Labute approximate surface area is 260 Å². The maximum Gasteiger partial charge on any atom is 0.410 e. The van der Waals surface area contributed by atoms with Crippen LogP contribution in [-0.4, -0.2) is 79.8 Å². The molecule has 2 atom stereocenters. The maximum atomic E-state index is 13.9. The van der Waals surface area contributed by atoms with E-state index in [0.717, 1.165) is 5.56 Å². The fourth-order valence-electron chi connectivity index (χ4n) is 6.41.